The van der Waals surface area contributed by atoms with Gasteiger partial charge in [-0.3, -0.25) is 9.59 Å². The predicted octanol–water partition coefficient (Wildman–Crippen LogP) is 2.86. The summed E-state index contributed by atoms with van der Waals surface area (Å²) in [5.41, 5.74) is -0.608. The van der Waals surface area contributed by atoms with Crippen molar-refractivity contribution < 1.29 is 9.59 Å². The molecule has 1 aliphatic carbocycles. The van der Waals surface area contributed by atoms with Gasteiger partial charge in [-0.25, -0.2) is 0 Å². The zero-order valence-electron chi connectivity index (χ0n) is 13.9. The van der Waals surface area contributed by atoms with Gasteiger partial charge in [0.05, 0.1) is 0 Å². The summed E-state index contributed by atoms with van der Waals surface area (Å²) in [5.74, 6) is 0.378. The van der Waals surface area contributed by atoms with Gasteiger partial charge in [-0.2, -0.15) is 0 Å². The summed E-state index contributed by atoms with van der Waals surface area (Å²) in [5, 5.41) is 3.12. The Morgan fingerprint density at radius 1 is 1.14 bits per heavy atom. The molecule has 0 bridgehead atoms. The molecular weight excluding hydrogens is 264 g/mol. The number of hydrogen-bond acceptors (Lipinski definition) is 2. The second-order valence-corrected chi connectivity index (χ2v) is 7.00. The first kappa shape index (κ1) is 16.3. The first-order chi connectivity index (χ1) is 9.96. The molecule has 0 aromatic heterocycles. The van der Waals surface area contributed by atoms with E-state index < -0.39 is 5.54 Å². The van der Waals surface area contributed by atoms with E-state index in [4.69, 9.17) is 0 Å². The maximum Gasteiger partial charge on any atom is 0.249 e. The van der Waals surface area contributed by atoms with Gasteiger partial charge in [0.1, 0.15) is 11.6 Å². The van der Waals surface area contributed by atoms with Gasteiger partial charge in [0.25, 0.3) is 0 Å². The summed E-state index contributed by atoms with van der Waals surface area (Å²) in [4.78, 5) is 27.9. The van der Waals surface area contributed by atoms with E-state index in [1.807, 2.05) is 18.7 Å². The van der Waals surface area contributed by atoms with Crippen molar-refractivity contribution in [1.82, 2.24) is 10.2 Å². The molecule has 1 heterocycles. The zero-order valence-corrected chi connectivity index (χ0v) is 13.9. The van der Waals surface area contributed by atoms with Crippen molar-refractivity contribution in [3.8, 4) is 0 Å². The Kier molecular flexibility index (Phi) is 4.95. The lowest BCUT2D eigenvalue weighted by Crippen LogP contribution is -2.73. The van der Waals surface area contributed by atoms with E-state index in [0.717, 1.165) is 38.5 Å². The molecule has 0 aromatic carbocycles. The summed E-state index contributed by atoms with van der Waals surface area (Å²) in [7, 11) is 0. The second-order valence-electron chi connectivity index (χ2n) is 7.00. The van der Waals surface area contributed by atoms with Crippen LogP contribution in [0.15, 0.2) is 0 Å². The quantitative estimate of drug-likeness (QED) is 0.866. The maximum atomic E-state index is 13.2. The molecule has 1 saturated carbocycles. The second kappa shape index (κ2) is 6.37. The normalized spacial score (nSPS) is 25.8. The van der Waals surface area contributed by atoms with Crippen molar-refractivity contribution in [1.29, 1.82) is 0 Å². The predicted molar refractivity (Wildman–Crippen MR) is 83.8 cm³/mol. The number of piperazine rings is 1. The van der Waals surface area contributed by atoms with Gasteiger partial charge >= 0.3 is 0 Å². The van der Waals surface area contributed by atoms with Crippen LogP contribution in [0.2, 0.25) is 0 Å². The van der Waals surface area contributed by atoms with Crippen LogP contribution >= 0.6 is 0 Å². The molecule has 4 heteroatoms. The third-order valence-electron chi connectivity index (χ3n) is 5.25. The van der Waals surface area contributed by atoms with E-state index in [-0.39, 0.29) is 29.8 Å². The number of amides is 2. The SMILES string of the molecule is CCC(CC)N1C(=O)C2(CCCCC2)NC(=O)C1C(C)C. The molecule has 21 heavy (non-hydrogen) atoms. The third-order valence-corrected chi connectivity index (χ3v) is 5.25. The average Bonchev–Trinajstić information content (AvgIpc) is 2.46. The van der Waals surface area contributed by atoms with Crippen LogP contribution in [0.5, 0.6) is 0 Å². The fourth-order valence-electron chi connectivity index (χ4n) is 4.06. The van der Waals surface area contributed by atoms with Crippen LogP contribution in [-0.4, -0.2) is 34.3 Å². The van der Waals surface area contributed by atoms with Crippen molar-refractivity contribution in [3.63, 3.8) is 0 Å². The lowest BCUT2D eigenvalue weighted by molar-refractivity contribution is -0.162. The number of nitrogens with one attached hydrogen (secondary N) is 1. The number of hydrogen-bond donors (Lipinski definition) is 1. The number of carbonyl (C=O) groups excluding carboxylic acids is 2. The Morgan fingerprint density at radius 3 is 2.19 bits per heavy atom. The molecule has 1 aliphatic heterocycles. The zero-order chi connectivity index (χ0) is 15.6. The van der Waals surface area contributed by atoms with Crippen molar-refractivity contribution in [2.45, 2.75) is 90.3 Å². The van der Waals surface area contributed by atoms with Gasteiger partial charge in [0.15, 0.2) is 0 Å². The Balaban J connectivity index is 2.37. The van der Waals surface area contributed by atoms with Crippen LogP contribution in [0, 0.1) is 5.92 Å². The fourth-order valence-corrected chi connectivity index (χ4v) is 4.06. The smallest absolute Gasteiger partial charge is 0.249 e. The molecule has 2 rings (SSSR count). The lowest BCUT2D eigenvalue weighted by atomic mass is 9.77. The first-order valence-electron chi connectivity index (χ1n) is 8.61. The molecule has 1 atom stereocenters. The van der Waals surface area contributed by atoms with E-state index in [9.17, 15) is 9.59 Å². The van der Waals surface area contributed by atoms with E-state index in [1.165, 1.54) is 6.42 Å². The molecule has 1 saturated heterocycles. The molecule has 2 fully saturated rings. The van der Waals surface area contributed by atoms with E-state index >= 15 is 0 Å². The first-order valence-corrected chi connectivity index (χ1v) is 8.61. The van der Waals surface area contributed by atoms with Crippen LogP contribution in [-0.2, 0) is 9.59 Å². The number of rotatable bonds is 4. The van der Waals surface area contributed by atoms with Gasteiger partial charge in [0.2, 0.25) is 11.8 Å². The van der Waals surface area contributed by atoms with Crippen LogP contribution in [0.3, 0.4) is 0 Å². The Hall–Kier alpha value is -1.06. The molecule has 1 unspecified atom stereocenters. The van der Waals surface area contributed by atoms with Crippen LogP contribution < -0.4 is 5.32 Å². The molecule has 1 spiro atoms. The van der Waals surface area contributed by atoms with Crippen molar-refractivity contribution >= 4 is 11.8 Å². The minimum absolute atomic E-state index is 0.0541. The summed E-state index contributed by atoms with van der Waals surface area (Å²) in [6.45, 7) is 8.29. The largest absolute Gasteiger partial charge is 0.340 e. The van der Waals surface area contributed by atoms with Crippen LogP contribution in [0.4, 0.5) is 0 Å². The highest BCUT2D eigenvalue weighted by Gasteiger charge is 2.52. The number of nitrogens with zero attached hydrogens (tertiary/aromatic N) is 1. The maximum absolute atomic E-state index is 13.2. The Bertz CT molecular complexity index is 396. The Morgan fingerprint density at radius 2 is 1.71 bits per heavy atom. The van der Waals surface area contributed by atoms with Crippen molar-refractivity contribution in [2.75, 3.05) is 0 Å². The molecule has 2 aliphatic rings. The average molecular weight is 294 g/mol. The molecular formula is C17H30N2O2. The van der Waals surface area contributed by atoms with E-state index in [2.05, 4.69) is 19.2 Å². The monoisotopic (exact) mass is 294 g/mol. The third kappa shape index (κ3) is 2.82. The van der Waals surface area contributed by atoms with Crippen molar-refractivity contribution in [2.24, 2.45) is 5.92 Å². The molecule has 1 N–H and O–H groups in total. The molecule has 4 nitrogen and oxygen atoms in total. The van der Waals surface area contributed by atoms with Gasteiger partial charge in [-0.1, -0.05) is 47.0 Å². The van der Waals surface area contributed by atoms with Crippen LogP contribution in [0.1, 0.15) is 72.6 Å². The summed E-state index contributed by atoms with van der Waals surface area (Å²) < 4.78 is 0. The molecule has 0 aromatic rings. The number of carbonyl (C=O) groups is 2. The fraction of sp³-hybridized carbons (Fsp3) is 0.882. The summed E-state index contributed by atoms with van der Waals surface area (Å²) in [6.07, 6.45) is 6.68. The van der Waals surface area contributed by atoms with Gasteiger partial charge in [-0.15, -0.1) is 0 Å². The van der Waals surface area contributed by atoms with E-state index in [0.29, 0.717) is 0 Å². The highest BCUT2D eigenvalue weighted by Crippen LogP contribution is 2.36. The minimum atomic E-state index is -0.608. The van der Waals surface area contributed by atoms with E-state index in [1.54, 1.807) is 0 Å². The minimum Gasteiger partial charge on any atom is -0.340 e. The summed E-state index contributed by atoms with van der Waals surface area (Å²) >= 11 is 0. The molecule has 120 valence electrons. The van der Waals surface area contributed by atoms with Gasteiger partial charge < -0.3 is 10.2 Å². The Labute approximate surface area is 128 Å². The lowest BCUT2D eigenvalue weighted by Gasteiger charge is -2.51. The molecule has 2 amide bonds. The van der Waals surface area contributed by atoms with Gasteiger partial charge in [0, 0.05) is 6.04 Å². The van der Waals surface area contributed by atoms with Gasteiger partial charge in [-0.05, 0) is 31.6 Å². The molecule has 0 radical (unpaired) electrons. The van der Waals surface area contributed by atoms with Crippen LogP contribution in [0.25, 0.3) is 0 Å². The summed E-state index contributed by atoms with van der Waals surface area (Å²) in [6, 6.07) is -0.135. The highest BCUT2D eigenvalue weighted by molar-refractivity contribution is 6.00. The highest BCUT2D eigenvalue weighted by atomic mass is 16.2. The standard InChI is InChI=1S/C17H30N2O2/c1-5-13(6-2)19-14(12(3)4)15(20)18-17(16(19)21)10-8-7-9-11-17/h12-14H,5-11H2,1-4H3,(H,18,20). The van der Waals surface area contributed by atoms with Crippen molar-refractivity contribution in [3.05, 3.63) is 0 Å². The topological polar surface area (TPSA) is 49.4 Å².